The molecule has 0 aliphatic carbocycles. The summed E-state index contributed by atoms with van der Waals surface area (Å²) in [5.74, 6) is 0.314. The number of furan rings is 1. The first-order valence-corrected chi connectivity index (χ1v) is 4.87. The zero-order chi connectivity index (χ0) is 10.4. The summed E-state index contributed by atoms with van der Waals surface area (Å²) < 4.78 is 5.68. The fourth-order valence-electron chi connectivity index (χ4n) is 1.98. The Hall–Kier alpha value is -1.96. The zero-order valence-corrected chi connectivity index (χ0v) is 8.32. The minimum atomic E-state index is 0.314. The number of hydrogen-bond acceptors (Lipinski definition) is 2. The SMILES string of the molecule is Cc1c(O)ccc2oc3ccccc3c12. The van der Waals surface area contributed by atoms with Crippen LogP contribution in [0, 0.1) is 6.92 Å². The van der Waals surface area contributed by atoms with Crippen LogP contribution in [0.1, 0.15) is 5.56 Å². The predicted octanol–water partition coefficient (Wildman–Crippen LogP) is 3.60. The Balaban J connectivity index is 2.63. The summed E-state index contributed by atoms with van der Waals surface area (Å²) in [5, 5.41) is 11.7. The van der Waals surface area contributed by atoms with Gasteiger partial charge in [0.05, 0.1) is 0 Å². The van der Waals surface area contributed by atoms with Crippen LogP contribution >= 0.6 is 0 Å². The molecule has 0 saturated heterocycles. The van der Waals surface area contributed by atoms with E-state index in [1.807, 2.05) is 31.2 Å². The maximum Gasteiger partial charge on any atom is 0.135 e. The number of aromatic hydroxyl groups is 1. The first-order chi connectivity index (χ1) is 7.27. The van der Waals surface area contributed by atoms with Gasteiger partial charge in [-0.25, -0.2) is 0 Å². The van der Waals surface area contributed by atoms with Crippen LogP contribution in [0.3, 0.4) is 0 Å². The van der Waals surface area contributed by atoms with E-state index in [2.05, 4.69) is 0 Å². The Bertz CT molecular complexity index is 650. The maximum absolute atomic E-state index is 9.65. The smallest absolute Gasteiger partial charge is 0.135 e. The van der Waals surface area contributed by atoms with Gasteiger partial charge in [-0.05, 0) is 25.1 Å². The number of phenolic OH excluding ortho intramolecular Hbond substituents is 1. The van der Waals surface area contributed by atoms with E-state index in [0.29, 0.717) is 5.75 Å². The highest BCUT2D eigenvalue weighted by molar-refractivity contribution is 6.07. The standard InChI is InChI=1S/C13H10O2/c1-8-10(14)6-7-12-13(8)9-4-2-3-5-11(9)15-12/h2-7,14H,1H3. The van der Waals surface area contributed by atoms with Crippen molar-refractivity contribution in [1.29, 1.82) is 0 Å². The molecule has 74 valence electrons. The van der Waals surface area contributed by atoms with Gasteiger partial charge in [-0.2, -0.15) is 0 Å². The first kappa shape index (κ1) is 8.36. The molecule has 15 heavy (non-hydrogen) atoms. The molecule has 0 fully saturated rings. The fourth-order valence-corrected chi connectivity index (χ4v) is 1.98. The summed E-state index contributed by atoms with van der Waals surface area (Å²) in [4.78, 5) is 0. The lowest BCUT2D eigenvalue weighted by atomic mass is 10.1. The Morgan fingerprint density at radius 2 is 1.80 bits per heavy atom. The predicted molar refractivity (Wildman–Crippen MR) is 60.1 cm³/mol. The topological polar surface area (TPSA) is 33.4 Å². The van der Waals surface area contributed by atoms with Crippen molar-refractivity contribution in [3.8, 4) is 5.75 Å². The maximum atomic E-state index is 9.65. The highest BCUT2D eigenvalue weighted by Crippen LogP contribution is 2.34. The summed E-state index contributed by atoms with van der Waals surface area (Å²) in [6, 6.07) is 11.3. The van der Waals surface area contributed by atoms with Gasteiger partial charge in [0.15, 0.2) is 0 Å². The van der Waals surface area contributed by atoms with Gasteiger partial charge in [-0.15, -0.1) is 0 Å². The van der Waals surface area contributed by atoms with Crippen molar-refractivity contribution in [2.45, 2.75) is 6.92 Å². The Morgan fingerprint density at radius 1 is 1.00 bits per heavy atom. The average molecular weight is 198 g/mol. The van der Waals surface area contributed by atoms with E-state index in [4.69, 9.17) is 4.42 Å². The molecule has 0 unspecified atom stereocenters. The highest BCUT2D eigenvalue weighted by atomic mass is 16.3. The molecule has 0 radical (unpaired) electrons. The first-order valence-electron chi connectivity index (χ1n) is 4.87. The molecule has 0 aliphatic rings. The van der Waals surface area contributed by atoms with E-state index < -0.39 is 0 Å². The lowest BCUT2D eigenvalue weighted by Gasteiger charge is -1.98. The van der Waals surface area contributed by atoms with Crippen LogP contribution in [-0.4, -0.2) is 5.11 Å². The van der Waals surface area contributed by atoms with Crippen LogP contribution in [0.25, 0.3) is 21.9 Å². The van der Waals surface area contributed by atoms with Crippen molar-refractivity contribution in [2.75, 3.05) is 0 Å². The molecule has 1 N–H and O–H groups in total. The minimum absolute atomic E-state index is 0.314. The third-order valence-corrected chi connectivity index (χ3v) is 2.77. The number of hydrogen-bond donors (Lipinski definition) is 1. The van der Waals surface area contributed by atoms with E-state index in [-0.39, 0.29) is 0 Å². The van der Waals surface area contributed by atoms with Crippen LogP contribution in [0.4, 0.5) is 0 Å². The molecule has 2 heteroatoms. The van der Waals surface area contributed by atoms with Crippen molar-refractivity contribution < 1.29 is 9.52 Å². The molecule has 0 amide bonds. The molecule has 0 bridgehead atoms. The molecule has 1 aromatic heterocycles. The molecule has 0 aliphatic heterocycles. The van der Waals surface area contributed by atoms with Gasteiger partial charge < -0.3 is 9.52 Å². The fraction of sp³-hybridized carbons (Fsp3) is 0.0769. The summed E-state index contributed by atoms with van der Waals surface area (Å²) in [7, 11) is 0. The van der Waals surface area contributed by atoms with Crippen LogP contribution < -0.4 is 0 Å². The number of para-hydroxylation sites is 1. The van der Waals surface area contributed by atoms with Crippen molar-refractivity contribution >= 4 is 21.9 Å². The number of benzene rings is 2. The van der Waals surface area contributed by atoms with E-state index in [9.17, 15) is 5.11 Å². The average Bonchev–Trinajstić information content (AvgIpc) is 2.62. The summed E-state index contributed by atoms with van der Waals surface area (Å²) >= 11 is 0. The van der Waals surface area contributed by atoms with E-state index in [1.165, 1.54) is 0 Å². The van der Waals surface area contributed by atoms with Crippen molar-refractivity contribution in [1.82, 2.24) is 0 Å². The Morgan fingerprint density at radius 3 is 2.67 bits per heavy atom. The quantitative estimate of drug-likeness (QED) is 0.598. The van der Waals surface area contributed by atoms with Crippen LogP contribution in [0.5, 0.6) is 5.75 Å². The zero-order valence-electron chi connectivity index (χ0n) is 8.32. The molecule has 0 saturated carbocycles. The second-order valence-corrected chi connectivity index (χ2v) is 3.68. The van der Waals surface area contributed by atoms with E-state index in [1.54, 1.807) is 12.1 Å². The normalized spacial score (nSPS) is 11.3. The van der Waals surface area contributed by atoms with Gasteiger partial charge in [-0.3, -0.25) is 0 Å². The van der Waals surface area contributed by atoms with Crippen molar-refractivity contribution in [3.05, 3.63) is 42.0 Å². The molecular weight excluding hydrogens is 188 g/mol. The lowest BCUT2D eigenvalue weighted by molar-refractivity contribution is 0.472. The van der Waals surface area contributed by atoms with E-state index >= 15 is 0 Å². The second-order valence-electron chi connectivity index (χ2n) is 3.68. The summed E-state index contributed by atoms with van der Waals surface area (Å²) in [5.41, 5.74) is 2.56. The van der Waals surface area contributed by atoms with Crippen LogP contribution in [-0.2, 0) is 0 Å². The van der Waals surface area contributed by atoms with Gasteiger partial charge in [0.25, 0.3) is 0 Å². The number of rotatable bonds is 0. The Labute approximate surface area is 86.7 Å². The molecule has 0 atom stereocenters. The second kappa shape index (κ2) is 2.76. The highest BCUT2D eigenvalue weighted by Gasteiger charge is 2.10. The molecule has 0 spiro atoms. The third-order valence-electron chi connectivity index (χ3n) is 2.77. The van der Waals surface area contributed by atoms with Crippen molar-refractivity contribution in [2.24, 2.45) is 0 Å². The van der Waals surface area contributed by atoms with E-state index in [0.717, 1.165) is 27.5 Å². The van der Waals surface area contributed by atoms with Crippen molar-refractivity contribution in [3.63, 3.8) is 0 Å². The minimum Gasteiger partial charge on any atom is -0.508 e. The van der Waals surface area contributed by atoms with Gasteiger partial charge in [0.2, 0.25) is 0 Å². The van der Waals surface area contributed by atoms with Gasteiger partial charge in [-0.1, -0.05) is 18.2 Å². The molecular formula is C13H10O2. The van der Waals surface area contributed by atoms with Crippen LogP contribution in [0.15, 0.2) is 40.8 Å². The van der Waals surface area contributed by atoms with Gasteiger partial charge >= 0.3 is 0 Å². The molecule has 3 aromatic rings. The Kier molecular flexibility index (Phi) is 1.54. The molecule has 1 heterocycles. The number of aryl methyl sites for hydroxylation is 1. The summed E-state index contributed by atoms with van der Waals surface area (Å²) in [6.07, 6.45) is 0. The molecule has 2 aromatic carbocycles. The van der Waals surface area contributed by atoms with Gasteiger partial charge in [0, 0.05) is 16.3 Å². The lowest BCUT2D eigenvalue weighted by Crippen LogP contribution is -1.75. The number of fused-ring (bicyclic) bond motifs is 3. The van der Waals surface area contributed by atoms with Gasteiger partial charge in [0.1, 0.15) is 16.9 Å². The molecule has 3 rings (SSSR count). The number of phenols is 1. The monoisotopic (exact) mass is 198 g/mol. The summed E-state index contributed by atoms with van der Waals surface area (Å²) in [6.45, 7) is 1.90. The third kappa shape index (κ3) is 1.05. The van der Waals surface area contributed by atoms with Crippen LogP contribution in [0.2, 0.25) is 0 Å². The largest absolute Gasteiger partial charge is 0.508 e. The molecule has 2 nitrogen and oxygen atoms in total.